The lowest BCUT2D eigenvalue weighted by Gasteiger charge is -2.04. The van der Waals surface area contributed by atoms with E-state index in [0.717, 1.165) is 22.4 Å². The number of rotatable bonds is 7. The van der Waals surface area contributed by atoms with Crippen LogP contribution in [0.25, 0.3) is 28.5 Å². The van der Waals surface area contributed by atoms with Crippen molar-refractivity contribution in [1.29, 1.82) is 5.26 Å². The van der Waals surface area contributed by atoms with Gasteiger partial charge in [0, 0.05) is 10.9 Å². The number of benzene rings is 3. The third kappa shape index (κ3) is 5.82. The number of carbonyl (C=O) groups is 2. The Morgan fingerprint density at radius 3 is 2.21 bits per heavy atom. The van der Waals surface area contributed by atoms with E-state index in [1.165, 1.54) is 17.4 Å². The maximum atomic E-state index is 12.2. The van der Waals surface area contributed by atoms with Gasteiger partial charge in [-0.25, -0.2) is 9.78 Å². The number of aromatic nitrogens is 1. The van der Waals surface area contributed by atoms with Crippen molar-refractivity contribution in [3.8, 4) is 28.5 Å². The summed E-state index contributed by atoms with van der Waals surface area (Å²) < 4.78 is 4.98. The highest BCUT2D eigenvalue weighted by molar-refractivity contribution is 7.14. The fraction of sp³-hybridized carbons (Fsp3) is 0.0370. The first-order chi connectivity index (χ1) is 16.6. The molecule has 1 N–H and O–H groups in total. The number of carbonyl (C=O) groups excluding carboxylic acids is 2. The van der Waals surface area contributed by atoms with Crippen molar-refractivity contribution < 1.29 is 14.3 Å². The molecule has 0 unspecified atom stereocenters. The molecule has 0 bridgehead atoms. The van der Waals surface area contributed by atoms with E-state index in [-0.39, 0.29) is 5.57 Å². The molecule has 0 aliphatic heterocycles. The summed E-state index contributed by atoms with van der Waals surface area (Å²) in [6.45, 7) is -0.521. The highest BCUT2D eigenvalue weighted by atomic mass is 32.1. The SMILES string of the molecule is N#C/C(=C\c1ccccc1)C(=O)OCC(=O)Nc1nc(-c2ccc(-c3ccccc3)cc2)cs1. The quantitative estimate of drug-likeness (QED) is 0.219. The smallest absolute Gasteiger partial charge is 0.349 e. The second kappa shape index (κ2) is 10.9. The van der Waals surface area contributed by atoms with Crippen molar-refractivity contribution in [3.63, 3.8) is 0 Å². The van der Waals surface area contributed by atoms with Crippen LogP contribution in [0.3, 0.4) is 0 Å². The van der Waals surface area contributed by atoms with E-state index in [4.69, 9.17) is 4.74 Å². The van der Waals surface area contributed by atoms with E-state index in [2.05, 4.69) is 22.4 Å². The third-order valence-electron chi connectivity index (χ3n) is 4.82. The molecule has 166 valence electrons. The van der Waals surface area contributed by atoms with Gasteiger partial charge >= 0.3 is 5.97 Å². The molecular formula is C27H19N3O3S. The second-order valence-corrected chi connectivity index (χ2v) is 8.04. The molecule has 7 heteroatoms. The maximum absolute atomic E-state index is 12.2. The highest BCUT2D eigenvalue weighted by Crippen LogP contribution is 2.27. The van der Waals surface area contributed by atoms with Gasteiger partial charge in [-0.15, -0.1) is 11.3 Å². The molecule has 0 fully saturated rings. The summed E-state index contributed by atoms with van der Waals surface area (Å²) >= 11 is 1.27. The number of nitrogens with zero attached hydrogens (tertiary/aromatic N) is 2. The molecule has 1 aromatic heterocycles. The summed E-state index contributed by atoms with van der Waals surface area (Å²) in [5.41, 5.74) is 4.39. The van der Waals surface area contributed by atoms with Crippen molar-refractivity contribution in [1.82, 2.24) is 4.98 Å². The van der Waals surface area contributed by atoms with Gasteiger partial charge in [0.05, 0.1) is 5.69 Å². The second-order valence-electron chi connectivity index (χ2n) is 7.19. The van der Waals surface area contributed by atoms with Gasteiger partial charge in [-0.2, -0.15) is 5.26 Å². The van der Waals surface area contributed by atoms with E-state index < -0.39 is 18.5 Å². The van der Waals surface area contributed by atoms with Crippen LogP contribution < -0.4 is 5.32 Å². The van der Waals surface area contributed by atoms with Gasteiger partial charge in [0.1, 0.15) is 11.6 Å². The molecule has 0 aliphatic rings. The molecule has 1 heterocycles. The highest BCUT2D eigenvalue weighted by Gasteiger charge is 2.14. The number of nitrogens with one attached hydrogen (secondary N) is 1. The number of amides is 1. The monoisotopic (exact) mass is 465 g/mol. The lowest BCUT2D eigenvalue weighted by molar-refractivity contribution is -0.142. The Morgan fingerprint density at radius 2 is 1.53 bits per heavy atom. The molecule has 0 atom stereocenters. The largest absolute Gasteiger partial charge is 0.451 e. The van der Waals surface area contributed by atoms with Crippen molar-refractivity contribution >= 4 is 34.4 Å². The molecule has 3 aromatic carbocycles. The minimum absolute atomic E-state index is 0.186. The van der Waals surface area contributed by atoms with Crippen LogP contribution in [-0.2, 0) is 14.3 Å². The Hall–Kier alpha value is -4.54. The van der Waals surface area contributed by atoms with Crippen LogP contribution in [0.4, 0.5) is 5.13 Å². The molecule has 4 rings (SSSR count). The van der Waals surface area contributed by atoms with Crippen LogP contribution >= 0.6 is 11.3 Å². The lowest BCUT2D eigenvalue weighted by Crippen LogP contribution is -2.21. The van der Waals surface area contributed by atoms with Crippen molar-refractivity contribution in [2.45, 2.75) is 0 Å². The molecule has 0 spiro atoms. The van der Waals surface area contributed by atoms with Gasteiger partial charge in [-0.1, -0.05) is 84.9 Å². The normalized spacial score (nSPS) is 10.9. The van der Waals surface area contributed by atoms with Crippen molar-refractivity contribution in [3.05, 3.63) is 101 Å². The standard InChI is InChI=1S/C27H19N3O3S/c28-16-23(15-19-7-3-1-4-8-19)26(32)33-17-25(31)30-27-29-24(18-34-27)22-13-11-21(12-14-22)20-9-5-2-6-10-20/h1-15,18H,17H2,(H,29,30,31)/b23-15+. The van der Waals surface area contributed by atoms with Gasteiger partial charge in [-0.05, 0) is 22.8 Å². The molecule has 0 radical (unpaired) electrons. The van der Waals surface area contributed by atoms with E-state index in [9.17, 15) is 14.9 Å². The first-order valence-electron chi connectivity index (χ1n) is 10.4. The predicted octanol–water partition coefficient (Wildman–Crippen LogP) is 5.57. The van der Waals surface area contributed by atoms with Crippen LogP contribution in [0.2, 0.25) is 0 Å². The molecule has 34 heavy (non-hydrogen) atoms. The maximum Gasteiger partial charge on any atom is 0.349 e. The van der Waals surface area contributed by atoms with E-state index in [1.807, 2.05) is 53.9 Å². The summed E-state index contributed by atoms with van der Waals surface area (Å²) in [5, 5.41) is 14.1. The van der Waals surface area contributed by atoms with Crippen LogP contribution in [0, 0.1) is 11.3 Å². The molecule has 0 saturated carbocycles. The minimum Gasteiger partial charge on any atom is -0.451 e. The van der Waals surface area contributed by atoms with Gasteiger partial charge in [-0.3, -0.25) is 10.1 Å². The van der Waals surface area contributed by atoms with E-state index >= 15 is 0 Å². The topological polar surface area (TPSA) is 92.1 Å². The number of hydrogen-bond donors (Lipinski definition) is 1. The Morgan fingerprint density at radius 1 is 0.912 bits per heavy atom. The Labute approximate surface area is 200 Å². The van der Waals surface area contributed by atoms with Crippen LogP contribution in [0.1, 0.15) is 5.56 Å². The summed E-state index contributed by atoms with van der Waals surface area (Å²) in [4.78, 5) is 28.8. The molecule has 0 saturated heterocycles. The van der Waals surface area contributed by atoms with Gasteiger partial charge in [0.2, 0.25) is 0 Å². The first kappa shape index (κ1) is 22.6. The zero-order valence-corrected chi connectivity index (χ0v) is 18.8. The Balaban J connectivity index is 1.33. The molecule has 4 aromatic rings. The van der Waals surface area contributed by atoms with Crippen LogP contribution in [0.15, 0.2) is 95.9 Å². The number of anilines is 1. The van der Waals surface area contributed by atoms with Crippen LogP contribution in [0.5, 0.6) is 0 Å². The Kier molecular flexibility index (Phi) is 7.23. The van der Waals surface area contributed by atoms with Gasteiger partial charge in [0.25, 0.3) is 5.91 Å². The number of esters is 1. The van der Waals surface area contributed by atoms with Gasteiger partial charge < -0.3 is 4.74 Å². The number of thiazole rings is 1. The van der Waals surface area contributed by atoms with Crippen molar-refractivity contribution in [2.24, 2.45) is 0 Å². The third-order valence-corrected chi connectivity index (χ3v) is 5.58. The zero-order valence-electron chi connectivity index (χ0n) is 18.0. The number of nitriles is 1. The summed E-state index contributed by atoms with van der Waals surface area (Å²) in [6.07, 6.45) is 1.41. The molecular weight excluding hydrogens is 446 g/mol. The van der Waals surface area contributed by atoms with Gasteiger partial charge in [0.15, 0.2) is 11.7 Å². The predicted molar refractivity (Wildman–Crippen MR) is 133 cm³/mol. The summed E-state index contributed by atoms with van der Waals surface area (Å²) in [5.74, 6) is -1.40. The summed E-state index contributed by atoms with van der Waals surface area (Å²) in [7, 11) is 0. The minimum atomic E-state index is -0.861. The van der Waals surface area contributed by atoms with Crippen molar-refractivity contribution in [2.75, 3.05) is 11.9 Å². The number of hydrogen-bond acceptors (Lipinski definition) is 6. The zero-order chi connectivity index (χ0) is 23.8. The molecule has 1 amide bonds. The average Bonchev–Trinajstić information content (AvgIpc) is 3.35. The van der Waals surface area contributed by atoms with Crippen LogP contribution in [-0.4, -0.2) is 23.5 Å². The van der Waals surface area contributed by atoms with E-state index in [1.54, 1.807) is 30.3 Å². The first-order valence-corrected chi connectivity index (χ1v) is 11.3. The number of ether oxygens (including phenoxy) is 1. The average molecular weight is 466 g/mol. The molecule has 6 nitrogen and oxygen atoms in total. The Bertz CT molecular complexity index is 1360. The fourth-order valence-electron chi connectivity index (χ4n) is 3.14. The summed E-state index contributed by atoms with van der Waals surface area (Å²) in [6, 6.07) is 28.8. The van der Waals surface area contributed by atoms with E-state index in [0.29, 0.717) is 10.7 Å². The fourth-order valence-corrected chi connectivity index (χ4v) is 3.88. The molecule has 0 aliphatic carbocycles. The lowest BCUT2D eigenvalue weighted by atomic mass is 10.0.